The molecule has 1 saturated heterocycles. The third kappa shape index (κ3) is 3.65. The number of hydrogen-bond donors (Lipinski definition) is 0. The molecule has 2 heterocycles. The van der Waals surface area contributed by atoms with Gasteiger partial charge in [-0.15, -0.1) is 0 Å². The van der Waals surface area contributed by atoms with Crippen LogP contribution in [0.2, 0.25) is 0 Å². The summed E-state index contributed by atoms with van der Waals surface area (Å²) in [4.78, 5) is 39.3. The summed E-state index contributed by atoms with van der Waals surface area (Å²) in [5, 5.41) is 0. The molecule has 0 aromatic heterocycles. The molecule has 2 aromatic carbocycles. The number of likely N-dealkylation sites (tertiary alicyclic amines) is 1. The molecule has 1 amide bonds. The maximum absolute atomic E-state index is 13.0. The quantitative estimate of drug-likeness (QED) is 0.580. The summed E-state index contributed by atoms with van der Waals surface area (Å²) in [5.41, 5.74) is 0.102. The minimum Gasteiger partial charge on any atom is -0.452 e. The minimum absolute atomic E-state index is 0.0160. The van der Waals surface area contributed by atoms with Gasteiger partial charge >= 0.3 is 5.97 Å². The van der Waals surface area contributed by atoms with E-state index in [1.807, 2.05) is 13.8 Å². The number of benzene rings is 2. The van der Waals surface area contributed by atoms with Crippen molar-refractivity contribution in [3.8, 4) is 0 Å². The molecule has 0 aliphatic carbocycles. The molecule has 1 fully saturated rings. The number of hydrogen-bond acceptors (Lipinski definition) is 6. The number of carbonyl (C=O) groups is 3. The topological polar surface area (TPSA) is 97.8 Å². The van der Waals surface area contributed by atoms with Crippen LogP contribution in [0.25, 0.3) is 0 Å². The largest absolute Gasteiger partial charge is 0.452 e. The molecule has 2 aromatic rings. The van der Waals surface area contributed by atoms with E-state index in [0.29, 0.717) is 0 Å². The average Bonchev–Trinajstić information content (AvgIpc) is 2.75. The van der Waals surface area contributed by atoms with Gasteiger partial charge in [-0.3, -0.25) is 9.59 Å². The lowest BCUT2D eigenvalue weighted by atomic mass is 9.97. The molecule has 0 unspecified atom stereocenters. The van der Waals surface area contributed by atoms with Crippen molar-refractivity contribution in [2.75, 3.05) is 6.61 Å². The van der Waals surface area contributed by atoms with Gasteiger partial charge in [-0.05, 0) is 63.4 Å². The molecule has 31 heavy (non-hydrogen) atoms. The van der Waals surface area contributed by atoms with Crippen molar-refractivity contribution < 1.29 is 27.5 Å². The van der Waals surface area contributed by atoms with Crippen LogP contribution in [0.15, 0.2) is 52.3 Å². The summed E-state index contributed by atoms with van der Waals surface area (Å²) >= 11 is 0. The van der Waals surface area contributed by atoms with Gasteiger partial charge in [0.05, 0.1) is 15.4 Å². The smallest absolute Gasteiger partial charge is 0.338 e. The SMILES string of the molecule is C[C@@H]1CCC[C@@H](C)N1C(=O)COC(=O)c1ccc2c(c1)S(=O)(=O)c1ccccc1C2=O. The molecule has 7 nitrogen and oxygen atoms in total. The van der Waals surface area contributed by atoms with Crippen LogP contribution < -0.4 is 0 Å². The number of esters is 1. The molecule has 4 rings (SSSR count). The summed E-state index contributed by atoms with van der Waals surface area (Å²) in [6.45, 7) is 3.52. The first-order chi connectivity index (χ1) is 14.7. The van der Waals surface area contributed by atoms with Gasteiger partial charge in [0.25, 0.3) is 5.91 Å². The second-order valence-corrected chi connectivity index (χ2v) is 9.93. The predicted octanol–water partition coefficient (Wildman–Crippen LogP) is 3.01. The second-order valence-electron chi connectivity index (χ2n) is 8.05. The van der Waals surface area contributed by atoms with Crippen molar-refractivity contribution in [3.63, 3.8) is 0 Å². The Bertz CT molecular complexity index is 1180. The minimum atomic E-state index is -3.96. The van der Waals surface area contributed by atoms with E-state index in [2.05, 4.69) is 0 Å². The molecule has 0 bridgehead atoms. The average molecular weight is 442 g/mol. The normalized spacial score (nSPS) is 21.7. The third-order valence-electron chi connectivity index (χ3n) is 5.98. The highest BCUT2D eigenvalue weighted by Gasteiger charge is 2.35. The molecular formula is C23H23NO6S. The van der Waals surface area contributed by atoms with E-state index in [0.717, 1.165) is 25.3 Å². The number of carbonyl (C=O) groups excluding carboxylic acids is 3. The maximum Gasteiger partial charge on any atom is 0.338 e. The first kappa shape index (κ1) is 21.2. The highest BCUT2D eigenvalue weighted by molar-refractivity contribution is 7.91. The predicted molar refractivity (Wildman–Crippen MR) is 112 cm³/mol. The number of ether oxygens (including phenoxy) is 1. The summed E-state index contributed by atoms with van der Waals surface area (Å²) in [6, 6.07) is 9.95. The lowest BCUT2D eigenvalue weighted by Gasteiger charge is -2.38. The van der Waals surface area contributed by atoms with Crippen molar-refractivity contribution >= 4 is 27.5 Å². The Morgan fingerprint density at radius 2 is 1.65 bits per heavy atom. The van der Waals surface area contributed by atoms with Crippen molar-refractivity contribution in [1.29, 1.82) is 0 Å². The van der Waals surface area contributed by atoms with Crippen molar-refractivity contribution in [3.05, 3.63) is 59.2 Å². The van der Waals surface area contributed by atoms with Crippen molar-refractivity contribution in [2.24, 2.45) is 0 Å². The highest BCUT2D eigenvalue weighted by Crippen LogP contribution is 2.34. The lowest BCUT2D eigenvalue weighted by Crippen LogP contribution is -2.49. The van der Waals surface area contributed by atoms with Crippen molar-refractivity contribution in [1.82, 2.24) is 4.90 Å². The van der Waals surface area contributed by atoms with Crippen LogP contribution >= 0.6 is 0 Å². The number of ketones is 1. The number of amides is 1. The van der Waals surface area contributed by atoms with Gasteiger partial charge in [-0.25, -0.2) is 13.2 Å². The molecule has 162 valence electrons. The summed E-state index contributed by atoms with van der Waals surface area (Å²) in [7, 11) is -3.96. The van der Waals surface area contributed by atoms with E-state index in [4.69, 9.17) is 4.74 Å². The van der Waals surface area contributed by atoms with Gasteiger partial charge in [-0.2, -0.15) is 0 Å². The van der Waals surface area contributed by atoms with Gasteiger partial charge in [-0.1, -0.05) is 12.1 Å². The Morgan fingerprint density at radius 3 is 2.35 bits per heavy atom. The van der Waals surface area contributed by atoms with Gasteiger partial charge in [0.1, 0.15) is 0 Å². The summed E-state index contributed by atoms with van der Waals surface area (Å²) in [5.74, 6) is -1.50. The molecular weight excluding hydrogens is 418 g/mol. The van der Waals surface area contributed by atoms with Crippen LogP contribution in [0, 0.1) is 0 Å². The number of rotatable bonds is 3. The van der Waals surface area contributed by atoms with E-state index >= 15 is 0 Å². The molecule has 0 saturated carbocycles. The van der Waals surface area contributed by atoms with Crippen LogP contribution in [-0.2, 0) is 19.4 Å². The van der Waals surface area contributed by atoms with Gasteiger partial charge in [0.15, 0.2) is 12.4 Å². The van der Waals surface area contributed by atoms with Gasteiger partial charge in [0.2, 0.25) is 9.84 Å². The second kappa shape index (κ2) is 7.92. The monoisotopic (exact) mass is 441 g/mol. The zero-order valence-electron chi connectivity index (χ0n) is 17.3. The maximum atomic E-state index is 13.0. The van der Waals surface area contributed by atoms with E-state index in [1.165, 1.54) is 24.3 Å². The van der Waals surface area contributed by atoms with Gasteiger partial charge in [0, 0.05) is 23.2 Å². The number of fused-ring (bicyclic) bond motifs is 2. The third-order valence-corrected chi connectivity index (χ3v) is 7.83. The number of sulfone groups is 1. The zero-order chi connectivity index (χ0) is 22.3. The highest BCUT2D eigenvalue weighted by atomic mass is 32.2. The summed E-state index contributed by atoms with van der Waals surface area (Å²) < 4.78 is 31.2. The Balaban J connectivity index is 1.55. The van der Waals surface area contributed by atoms with Gasteiger partial charge < -0.3 is 9.64 Å². The molecule has 0 N–H and O–H groups in total. The lowest BCUT2D eigenvalue weighted by molar-refractivity contribution is -0.140. The Labute approximate surface area is 180 Å². The first-order valence-corrected chi connectivity index (χ1v) is 11.7. The fourth-order valence-electron chi connectivity index (χ4n) is 4.41. The molecule has 2 aliphatic heterocycles. The molecule has 0 spiro atoms. The fourth-order valence-corrected chi connectivity index (χ4v) is 6.09. The first-order valence-electron chi connectivity index (χ1n) is 10.2. The standard InChI is InChI=1S/C23H23NO6S/c1-14-6-5-7-15(2)24(14)21(25)13-30-23(27)16-10-11-18-20(12-16)31(28,29)19-9-4-3-8-17(19)22(18)26/h3-4,8-12,14-15H,5-7,13H2,1-2H3/t14-,15-/m1/s1. The van der Waals surface area contributed by atoms with E-state index in [-0.39, 0.29) is 44.5 Å². The Kier molecular flexibility index (Phi) is 5.43. The zero-order valence-corrected chi connectivity index (χ0v) is 18.1. The van der Waals surface area contributed by atoms with Crippen LogP contribution in [-0.4, -0.2) is 49.7 Å². The van der Waals surface area contributed by atoms with E-state index in [1.54, 1.807) is 17.0 Å². The van der Waals surface area contributed by atoms with E-state index < -0.39 is 28.2 Å². The summed E-state index contributed by atoms with van der Waals surface area (Å²) in [6.07, 6.45) is 2.86. The number of nitrogens with zero attached hydrogens (tertiary/aromatic N) is 1. The van der Waals surface area contributed by atoms with Crippen LogP contribution in [0.3, 0.4) is 0 Å². The van der Waals surface area contributed by atoms with Crippen LogP contribution in [0.5, 0.6) is 0 Å². The molecule has 2 aliphatic rings. The fraction of sp³-hybridized carbons (Fsp3) is 0.348. The van der Waals surface area contributed by atoms with Crippen LogP contribution in [0.1, 0.15) is 59.4 Å². The molecule has 2 atom stereocenters. The Hall–Kier alpha value is -3.00. The molecule has 0 radical (unpaired) electrons. The van der Waals surface area contributed by atoms with Crippen LogP contribution in [0.4, 0.5) is 0 Å². The van der Waals surface area contributed by atoms with Crippen molar-refractivity contribution in [2.45, 2.75) is 55.0 Å². The van der Waals surface area contributed by atoms with E-state index in [9.17, 15) is 22.8 Å². The Morgan fingerprint density at radius 1 is 1.00 bits per heavy atom. The number of piperidine rings is 1. The molecule has 8 heteroatoms.